The molecule has 0 radical (unpaired) electrons. The van der Waals surface area contributed by atoms with Crippen molar-refractivity contribution in [1.29, 1.82) is 0 Å². The second-order valence-corrected chi connectivity index (χ2v) is 6.90. The molecule has 1 heterocycles. The summed E-state index contributed by atoms with van der Waals surface area (Å²) in [6.07, 6.45) is 1.05. The lowest BCUT2D eigenvalue weighted by Crippen LogP contribution is -2.35. The van der Waals surface area contributed by atoms with Gasteiger partial charge in [0.15, 0.2) is 0 Å². The van der Waals surface area contributed by atoms with Crippen LogP contribution in [0.15, 0.2) is 22.7 Å². The van der Waals surface area contributed by atoms with Crippen molar-refractivity contribution in [2.24, 2.45) is 0 Å². The van der Waals surface area contributed by atoms with Crippen LogP contribution in [0.5, 0.6) is 0 Å². The maximum Gasteiger partial charge on any atom is 0.253 e. The van der Waals surface area contributed by atoms with Gasteiger partial charge in [0.05, 0.1) is 0 Å². The molecule has 0 unspecified atom stereocenters. The summed E-state index contributed by atoms with van der Waals surface area (Å²) in [7, 11) is 0. The summed E-state index contributed by atoms with van der Waals surface area (Å²) in [6, 6.07) is 5.90. The monoisotopic (exact) mass is 402 g/mol. The predicted octanol–water partition coefficient (Wildman–Crippen LogP) is 3.30. The van der Waals surface area contributed by atoms with E-state index in [4.69, 9.17) is 0 Å². The van der Waals surface area contributed by atoms with Crippen LogP contribution in [0.2, 0.25) is 0 Å². The van der Waals surface area contributed by atoms with Crippen LogP contribution in [-0.2, 0) is 0 Å². The first-order chi connectivity index (χ1) is 9.60. The minimum absolute atomic E-state index is 0.148. The van der Waals surface area contributed by atoms with Gasteiger partial charge in [-0.05, 0) is 43.7 Å². The third kappa shape index (κ3) is 4.30. The van der Waals surface area contributed by atoms with Gasteiger partial charge in [0.1, 0.15) is 0 Å². The summed E-state index contributed by atoms with van der Waals surface area (Å²) in [5.41, 5.74) is 1.89. The fourth-order valence-corrected chi connectivity index (χ4v) is 3.67. The van der Waals surface area contributed by atoms with Gasteiger partial charge in [0.2, 0.25) is 0 Å². The molecule has 2 rings (SSSR count). The highest BCUT2D eigenvalue weighted by atomic mass is 79.9. The van der Waals surface area contributed by atoms with E-state index in [1.807, 2.05) is 30.0 Å². The van der Waals surface area contributed by atoms with E-state index in [9.17, 15) is 4.79 Å². The molecule has 0 N–H and O–H groups in total. The van der Waals surface area contributed by atoms with Crippen molar-refractivity contribution in [3.05, 3.63) is 33.8 Å². The Morgan fingerprint density at radius 3 is 2.70 bits per heavy atom. The molecule has 1 saturated heterocycles. The number of rotatable bonds is 3. The Morgan fingerprint density at radius 1 is 1.20 bits per heavy atom. The maximum atomic E-state index is 12.6. The summed E-state index contributed by atoms with van der Waals surface area (Å²) in [5.74, 6) is 0.148. The third-order valence-electron chi connectivity index (χ3n) is 3.57. The van der Waals surface area contributed by atoms with Crippen molar-refractivity contribution >= 4 is 37.8 Å². The standard InChI is InChI=1S/C15H20Br2N2O/c1-12-9-13(11-14(17)10-12)15(20)19-5-2-4-18(6-3-16)7-8-19/h9-11H,2-8H2,1H3. The van der Waals surface area contributed by atoms with Gasteiger partial charge >= 0.3 is 0 Å². The predicted molar refractivity (Wildman–Crippen MR) is 89.6 cm³/mol. The number of nitrogens with zero attached hydrogens (tertiary/aromatic N) is 2. The molecule has 0 bridgehead atoms. The molecule has 1 amide bonds. The zero-order chi connectivity index (χ0) is 14.5. The third-order valence-corrected chi connectivity index (χ3v) is 4.38. The number of aryl methyl sites for hydroxylation is 1. The molecule has 5 heteroatoms. The average molecular weight is 404 g/mol. The molecule has 1 aromatic carbocycles. The van der Waals surface area contributed by atoms with Crippen molar-refractivity contribution in [3.8, 4) is 0 Å². The van der Waals surface area contributed by atoms with Gasteiger partial charge in [-0.25, -0.2) is 0 Å². The van der Waals surface area contributed by atoms with E-state index in [-0.39, 0.29) is 5.91 Å². The largest absolute Gasteiger partial charge is 0.337 e. The number of amides is 1. The topological polar surface area (TPSA) is 23.6 Å². The van der Waals surface area contributed by atoms with Crippen molar-refractivity contribution in [3.63, 3.8) is 0 Å². The molecule has 0 aromatic heterocycles. The molecule has 0 atom stereocenters. The zero-order valence-electron chi connectivity index (χ0n) is 11.7. The summed E-state index contributed by atoms with van der Waals surface area (Å²) in [6.45, 7) is 6.78. The number of hydrogen-bond acceptors (Lipinski definition) is 2. The molecule has 1 aliphatic rings. The Kier molecular flexibility index (Phi) is 6.05. The van der Waals surface area contributed by atoms with Crippen LogP contribution in [0.3, 0.4) is 0 Å². The van der Waals surface area contributed by atoms with Crippen LogP contribution in [0.4, 0.5) is 0 Å². The van der Waals surface area contributed by atoms with E-state index >= 15 is 0 Å². The van der Waals surface area contributed by atoms with Gasteiger partial charge in [0.25, 0.3) is 5.91 Å². The second-order valence-electron chi connectivity index (χ2n) is 5.19. The summed E-state index contributed by atoms with van der Waals surface area (Å²) in [5, 5.41) is 0.992. The highest BCUT2D eigenvalue weighted by Crippen LogP contribution is 2.17. The molecule has 110 valence electrons. The van der Waals surface area contributed by atoms with Crippen LogP contribution in [0.25, 0.3) is 0 Å². The Bertz CT molecular complexity index is 459. The van der Waals surface area contributed by atoms with Crippen molar-refractivity contribution in [2.75, 3.05) is 38.1 Å². The second kappa shape index (κ2) is 7.57. The Labute approximate surface area is 137 Å². The van der Waals surface area contributed by atoms with Crippen molar-refractivity contribution < 1.29 is 4.79 Å². The first kappa shape index (κ1) is 16.0. The van der Waals surface area contributed by atoms with Gasteiger partial charge in [-0.3, -0.25) is 4.79 Å². The lowest BCUT2D eigenvalue weighted by molar-refractivity contribution is 0.0761. The van der Waals surface area contributed by atoms with Crippen LogP contribution < -0.4 is 0 Å². The highest BCUT2D eigenvalue weighted by Gasteiger charge is 2.20. The van der Waals surface area contributed by atoms with E-state index in [0.717, 1.165) is 60.1 Å². The summed E-state index contributed by atoms with van der Waals surface area (Å²) < 4.78 is 0.969. The number of hydrogen-bond donors (Lipinski definition) is 0. The Balaban J connectivity index is 2.05. The van der Waals surface area contributed by atoms with Gasteiger partial charge in [-0.2, -0.15) is 0 Å². The van der Waals surface area contributed by atoms with Crippen LogP contribution in [-0.4, -0.2) is 53.8 Å². The number of alkyl halides is 1. The van der Waals surface area contributed by atoms with E-state index < -0.39 is 0 Å². The number of carbonyl (C=O) groups excluding carboxylic acids is 1. The van der Waals surface area contributed by atoms with Gasteiger partial charge in [0, 0.05) is 41.5 Å². The minimum Gasteiger partial charge on any atom is -0.337 e. The van der Waals surface area contributed by atoms with Gasteiger partial charge in [-0.1, -0.05) is 31.9 Å². The highest BCUT2D eigenvalue weighted by molar-refractivity contribution is 9.10. The van der Waals surface area contributed by atoms with Crippen molar-refractivity contribution in [2.45, 2.75) is 13.3 Å². The van der Waals surface area contributed by atoms with Crippen LogP contribution in [0.1, 0.15) is 22.3 Å². The molecule has 0 aliphatic carbocycles. The molecule has 20 heavy (non-hydrogen) atoms. The van der Waals surface area contributed by atoms with Crippen molar-refractivity contribution in [1.82, 2.24) is 9.80 Å². The van der Waals surface area contributed by atoms with Crippen LogP contribution >= 0.6 is 31.9 Å². The molecular formula is C15H20Br2N2O. The molecular weight excluding hydrogens is 384 g/mol. The minimum atomic E-state index is 0.148. The Morgan fingerprint density at radius 2 is 2.00 bits per heavy atom. The lowest BCUT2D eigenvalue weighted by Gasteiger charge is -2.22. The molecule has 1 aliphatic heterocycles. The number of benzene rings is 1. The zero-order valence-corrected chi connectivity index (χ0v) is 14.9. The SMILES string of the molecule is Cc1cc(Br)cc(C(=O)N2CCCN(CCBr)CC2)c1. The van der Waals surface area contributed by atoms with Crippen LogP contribution in [0, 0.1) is 6.92 Å². The summed E-state index contributed by atoms with van der Waals surface area (Å²) in [4.78, 5) is 17.0. The van der Waals surface area contributed by atoms with E-state index in [1.54, 1.807) is 0 Å². The van der Waals surface area contributed by atoms with Gasteiger partial charge < -0.3 is 9.80 Å². The smallest absolute Gasteiger partial charge is 0.253 e. The quantitative estimate of drug-likeness (QED) is 0.723. The number of halogens is 2. The fourth-order valence-electron chi connectivity index (χ4n) is 2.56. The molecule has 0 spiro atoms. The number of carbonyl (C=O) groups is 1. The van der Waals surface area contributed by atoms with Gasteiger partial charge in [-0.15, -0.1) is 0 Å². The van der Waals surface area contributed by atoms with E-state index in [0.29, 0.717) is 0 Å². The lowest BCUT2D eigenvalue weighted by atomic mass is 10.1. The molecule has 3 nitrogen and oxygen atoms in total. The average Bonchev–Trinajstić information content (AvgIpc) is 2.63. The first-order valence-electron chi connectivity index (χ1n) is 6.95. The first-order valence-corrected chi connectivity index (χ1v) is 8.86. The molecule has 0 saturated carbocycles. The molecule has 1 fully saturated rings. The maximum absolute atomic E-state index is 12.6. The normalized spacial score (nSPS) is 17.1. The fraction of sp³-hybridized carbons (Fsp3) is 0.533. The summed E-state index contributed by atoms with van der Waals surface area (Å²) >= 11 is 6.95. The molecule has 1 aromatic rings. The van der Waals surface area contributed by atoms with E-state index in [1.165, 1.54) is 0 Å². The Hall–Kier alpha value is -0.390. The van der Waals surface area contributed by atoms with E-state index in [2.05, 4.69) is 36.8 Å².